The molecule has 2 aliphatic rings. The predicted molar refractivity (Wildman–Crippen MR) is 123 cm³/mol. The summed E-state index contributed by atoms with van der Waals surface area (Å²) in [6, 6.07) is 5.26. The van der Waals surface area contributed by atoms with Crippen LogP contribution in [0.5, 0.6) is 0 Å². The van der Waals surface area contributed by atoms with Crippen LogP contribution in [0.3, 0.4) is 0 Å². The molecule has 0 spiro atoms. The third kappa shape index (κ3) is 4.44. The number of rotatable bonds is 5. The zero-order valence-electron chi connectivity index (χ0n) is 18.3. The number of hydrogen-bond acceptors (Lipinski definition) is 8. The second-order valence-corrected chi connectivity index (χ2v) is 10.00. The maximum absolute atomic E-state index is 12.5. The van der Waals surface area contributed by atoms with Crippen LogP contribution < -0.4 is 16.0 Å². The number of urea groups is 1. The fourth-order valence-electron chi connectivity index (χ4n) is 3.30. The van der Waals surface area contributed by atoms with Gasteiger partial charge < -0.3 is 15.4 Å². The van der Waals surface area contributed by atoms with Crippen LogP contribution in [0.15, 0.2) is 30.1 Å². The van der Waals surface area contributed by atoms with E-state index in [1.165, 1.54) is 11.3 Å². The molecular formula is C22H22N6O4S. The van der Waals surface area contributed by atoms with Gasteiger partial charge in [0.05, 0.1) is 16.8 Å². The van der Waals surface area contributed by atoms with E-state index in [0.717, 1.165) is 23.5 Å². The van der Waals surface area contributed by atoms with E-state index in [2.05, 4.69) is 21.0 Å². The Morgan fingerprint density at radius 2 is 2.06 bits per heavy atom. The summed E-state index contributed by atoms with van der Waals surface area (Å²) in [5.41, 5.74) is 1.30. The van der Waals surface area contributed by atoms with Gasteiger partial charge in [0, 0.05) is 17.7 Å². The molecular weight excluding hydrogens is 444 g/mol. The van der Waals surface area contributed by atoms with Crippen LogP contribution in [-0.2, 0) is 9.53 Å². The van der Waals surface area contributed by atoms with Gasteiger partial charge in [-0.1, -0.05) is 0 Å². The minimum absolute atomic E-state index is 0.127. The highest BCUT2D eigenvalue weighted by Gasteiger charge is 2.26. The summed E-state index contributed by atoms with van der Waals surface area (Å²) in [5, 5.41) is 12.5. The van der Waals surface area contributed by atoms with Gasteiger partial charge in [0.1, 0.15) is 22.0 Å². The molecule has 10 nitrogen and oxygen atoms in total. The van der Waals surface area contributed by atoms with Crippen molar-refractivity contribution in [3.63, 3.8) is 0 Å². The number of amides is 3. The molecule has 1 saturated carbocycles. The number of fused-ring (bicyclic) bond motifs is 1. The number of hydrogen-bond donors (Lipinski definition) is 3. The summed E-state index contributed by atoms with van der Waals surface area (Å²) < 4.78 is 7.14. The molecule has 1 aliphatic carbocycles. The quantitative estimate of drug-likeness (QED) is 0.299. The molecule has 0 aromatic carbocycles. The summed E-state index contributed by atoms with van der Waals surface area (Å²) in [5.74, 6) is -0.129. The van der Waals surface area contributed by atoms with E-state index in [9.17, 15) is 14.4 Å². The lowest BCUT2D eigenvalue weighted by molar-refractivity contribution is -0.115. The second kappa shape index (κ2) is 7.69. The molecule has 3 amide bonds. The van der Waals surface area contributed by atoms with Crippen LogP contribution in [0.4, 0.5) is 10.6 Å². The number of imide groups is 1. The van der Waals surface area contributed by atoms with Gasteiger partial charge in [-0.25, -0.2) is 14.6 Å². The number of ether oxygens (including phenoxy) is 1. The fraction of sp³-hybridized carbons (Fsp3) is 0.318. The van der Waals surface area contributed by atoms with Gasteiger partial charge in [-0.15, -0.1) is 11.3 Å². The van der Waals surface area contributed by atoms with Crippen molar-refractivity contribution in [1.29, 1.82) is 0 Å². The van der Waals surface area contributed by atoms with Crippen molar-refractivity contribution < 1.29 is 19.1 Å². The monoisotopic (exact) mass is 466 g/mol. The average molecular weight is 467 g/mol. The number of thiophene rings is 1. The predicted octanol–water partition coefficient (Wildman–Crippen LogP) is 3.17. The van der Waals surface area contributed by atoms with E-state index in [-0.39, 0.29) is 11.7 Å². The van der Waals surface area contributed by atoms with Crippen molar-refractivity contribution in [3.8, 4) is 10.6 Å². The summed E-state index contributed by atoms with van der Waals surface area (Å²) in [7, 11) is 0. The number of aromatic nitrogens is 3. The molecule has 0 unspecified atom stereocenters. The summed E-state index contributed by atoms with van der Waals surface area (Å²) in [4.78, 5) is 41.9. The Morgan fingerprint density at radius 1 is 1.27 bits per heavy atom. The first-order chi connectivity index (χ1) is 15.7. The molecule has 1 aliphatic heterocycles. The normalized spacial score (nSPS) is 17.4. The number of anilines is 1. The highest BCUT2D eigenvalue weighted by Crippen LogP contribution is 2.33. The first-order valence-corrected chi connectivity index (χ1v) is 11.3. The van der Waals surface area contributed by atoms with Gasteiger partial charge in [0.15, 0.2) is 5.65 Å². The summed E-state index contributed by atoms with van der Waals surface area (Å²) in [6.07, 6.45) is 5.28. The molecule has 4 heterocycles. The lowest BCUT2D eigenvalue weighted by atomic mass is 10.2. The van der Waals surface area contributed by atoms with E-state index in [1.807, 2.05) is 32.9 Å². The number of carbonyl (C=O) groups excluding carboxylic acids is 3. The van der Waals surface area contributed by atoms with Gasteiger partial charge in [-0.05, 0) is 51.8 Å². The van der Waals surface area contributed by atoms with Gasteiger partial charge in [-0.2, -0.15) is 9.61 Å². The molecule has 5 rings (SSSR count). The van der Waals surface area contributed by atoms with Gasteiger partial charge in [0.2, 0.25) is 0 Å². The largest absolute Gasteiger partial charge is 0.456 e. The first-order valence-electron chi connectivity index (χ1n) is 10.5. The smallest absolute Gasteiger partial charge is 0.348 e. The zero-order chi connectivity index (χ0) is 23.3. The van der Waals surface area contributed by atoms with Gasteiger partial charge in [-0.3, -0.25) is 10.1 Å². The molecule has 0 radical (unpaired) electrons. The van der Waals surface area contributed by atoms with Crippen molar-refractivity contribution in [2.75, 3.05) is 5.32 Å². The van der Waals surface area contributed by atoms with Crippen LogP contribution in [0.1, 0.15) is 48.8 Å². The Balaban J connectivity index is 1.55. The summed E-state index contributed by atoms with van der Waals surface area (Å²) >= 11 is 1.30. The standard InChI is InChI=1S/C22H22N6O4S/c1-22(2,3)32-20(30)16-7-6-15(33-16)13-9-17(24-12-4-5-12)28-18(25-13)11(10-23-28)8-14-19(29)27-21(31)26-14/h6-10,12,24H,4-5H2,1-3H3,(H2,26,27,29,31)/b14-8-. The molecule has 3 N–H and O–H groups in total. The maximum atomic E-state index is 12.5. The van der Waals surface area contributed by atoms with Gasteiger partial charge in [0.25, 0.3) is 5.91 Å². The Labute approximate surface area is 193 Å². The Bertz CT molecular complexity index is 1330. The van der Waals surface area contributed by atoms with Crippen molar-refractivity contribution in [2.45, 2.75) is 45.3 Å². The third-order valence-corrected chi connectivity index (χ3v) is 5.99. The van der Waals surface area contributed by atoms with Crippen LogP contribution in [0.25, 0.3) is 22.3 Å². The maximum Gasteiger partial charge on any atom is 0.348 e. The van der Waals surface area contributed by atoms with E-state index < -0.39 is 17.5 Å². The lowest BCUT2D eigenvalue weighted by Crippen LogP contribution is -2.23. The number of nitrogens with one attached hydrogen (secondary N) is 3. The minimum Gasteiger partial charge on any atom is -0.456 e. The van der Waals surface area contributed by atoms with Crippen molar-refractivity contribution >= 4 is 46.8 Å². The highest BCUT2D eigenvalue weighted by molar-refractivity contribution is 7.17. The molecule has 3 aromatic heterocycles. The third-order valence-electron chi connectivity index (χ3n) is 4.91. The molecule has 1 saturated heterocycles. The number of esters is 1. The highest BCUT2D eigenvalue weighted by atomic mass is 32.1. The Kier molecular flexibility index (Phi) is 4.93. The number of nitrogens with zero attached hydrogens (tertiary/aromatic N) is 3. The SMILES string of the molecule is CC(C)(C)OC(=O)c1ccc(-c2cc(NC3CC3)n3ncc(/C=C4\NC(=O)NC4=O)c3n2)s1. The Morgan fingerprint density at radius 3 is 2.73 bits per heavy atom. The van der Waals surface area contributed by atoms with Gasteiger partial charge >= 0.3 is 12.0 Å². The molecule has 33 heavy (non-hydrogen) atoms. The van der Waals surface area contributed by atoms with E-state index in [0.29, 0.717) is 27.8 Å². The molecule has 0 atom stereocenters. The van der Waals surface area contributed by atoms with Crippen LogP contribution in [0, 0.1) is 0 Å². The first kappa shape index (κ1) is 21.1. The van der Waals surface area contributed by atoms with Crippen molar-refractivity contribution in [3.05, 3.63) is 40.5 Å². The van der Waals surface area contributed by atoms with Crippen LogP contribution in [-0.4, -0.2) is 44.1 Å². The van der Waals surface area contributed by atoms with Crippen LogP contribution in [0.2, 0.25) is 0 Å². The minimum atomic E-state index is -0.582. The van der Waals surface area contributed by atoms with Crippen molar-refractivity contribution in [2.24, 2.45) is 0 Å². The lowest BCUT2D eigenvalue weighted by Gasteiger charge is -2.18. The molecule has 11 heteroatoms. The molecule has 170 valence electrons. The molecule has 3 aromatic rings. The van der Waals surface area contributed by atoms with E-state index in [1.54, 1.807) is 22.9 Å². The van der Waals surface area contributed by atoms with E-state index >= 15 is 0 Å². The molecule has 0 bridgehead atoms. The van der Waals surface area contributed by atoms with E-state index in [4.69, 9.17) is 9.72 Å². The number of carbonyl (C=O) groups is 3. The average Bonchev–Trinajstić information content (AvgIpc) is 3.11. The Hall–Kier alpha value is -3.73. The summed E-state index contributed by atoms with van der Waals surface area (Å²) in [6.45, 7) is 5.48. The fourth-order valence-corrected chi connectivity index (χ4v) is 4.14. The van der Waals surface area contributed by atoms with Crippen molar-refractivity contribution in [1.82, 2.24) is 25.2 Å². The topological polar surface area (TPSA) is 127 Å². The molecule has 2 fully saturated rings. The zero-order valence-corrected chi connectivity index (χ0v) is 19.1. The second-order valence-electron chi connectivity index (χ2n) is 8.91. The van der Waals surface area contributed by atoms with Crippen LogP contribution >= 0.6 is 11.3 Å².